The minimum Gasteiger partial charge on any atom is -0.470 e. The Balaban J connectivity index is 1.47. The molecule has 3 aromatic rings. The van der Waals surface area contributed by atoms with Gasteiger partial charge in [-0.25, -0.2) is 24.2 Å². The van der Waals surface area contributed by atoms with Crippen LogP contribution in [0.3, 0.4) is 0 Å². The van der Waals surface area contributed by atoms with Gasteiger partial charge in [0.25, 0.3) is 0 Å². The van der Waals surface area contributed by atoms with Gasteiger partial charge in [0.1, 0.15) is 11.9 Å². The summed E-state index contributed by atoms with van der Waals surface area (Å²) in [5, 5.41) is 7.63. The van der Waals surface area contributed by atoms with E-state index in [-0.39, 0.29) is 11.9 Å². The smallest absolute Gasteiger partial charge is 0.217 e. The van der Waals surface area contributed by atoms with Gasteiger partial charge in [0, 0.05) is 30.1 Å². The largest absolute Gasteiger partial charge is 0.470 e. The summed E-state index contributed by atoms with van der Waals surface area (Å²) >= 11 is 0. The van der Waals surface area contributed by atoms with E-state index in [1.54, 1.807) is 29.0 Å². The standard InChI is InChI=1S/C20H21FN6O2/c1-11(14-9-13(21)8-12-4-6-22-17(12)14)28-16-5-7-27-19(24-16)15(10-23-27)18-25-20(2,3)29-26-18/h5,7-11,22H,4,6H2,1-3H3,(H,25,26). The Bertz CT molecular complexity index is 1140. The minimum atomic E-state index is -0.656. The monoisotopic (exact) mass is 396 g/mol. The molecule has 1 aromatic carbocycles. The zero-order valence-electron chi connectivity index (χ0n) is 16.4. The van der Waals surface area contributed by atoms with Gasteiger partial charge in [0.05, 0.1) is 11.8 Å². The van der Waals surface area contributed by atoms with Gasteiger partial charge in [0.15, 0.2) is 17.2 Å². The van der Waals surface area contributed by atoms with Crippen molar-refractivity contribution in [2.45, 2.75) is 39.0 Å². The van der Waals surface area contributed by atoms with Crippen molar-refractivity contribution in [2.75, 3.05) is 11.9 Å². The van der Waals surface area contributed by atoms with Crippen LogP contribution in [0.1, 0.15) is 43.6 Å². The van der Waals surface area contributed by atoms with E-state index in [4.69, 9.17) is 9.57 Å². The molecule has 0 spiro atoms. The van der Waals surface area contributed by atoms with Gasteiger partial charge in [-0.3, -0.25) is 0 Å². The molecule has 0 saturated heterocycles. The van der Waals surface area contributed by atoms with E-state index in [1.165, 1.54) is 6.07 Å². The highest BCUT2D eigenvalue weighted by Crippen LogP contribution is 2.34. The van der Waals surface area contributed by atoms with Crippen LogP contribution in [0, 0.1) is 5.82 Å². The number of rotatable bonds is 4. The Morgan fingerprint density at radius 2 is 2.21 bits per heavy atom. The number of benzene rings is 1. The molecule has 5 rings (SSSR count). The van der Waals surface area contributed by atoms with Crippen molar-refractivity contribution in [2.24, 2.45) is 4.99 Å². The fourth-order valence-corrected chi connectivity index (χ4v) is 3.67. The lowest BCUT2D eigenvalue weighted by atomic mass is 10.0. The molecule has 2 aliphatic rings. The summed E-state index contributed by atoms with van der Waals surface area (Å²) < 4.78 is 21.7. The first-order valence-corrected chi connectivity index (χ1v) is 9.51. The Kier molecular flexibility index (Phi) is 3.95. The molecule has 2 aromatic heterocycles. The maximum atomic E-state index is 14.0. The third-order valence-corrected chi connectivity index (χ3v) is 5.02. The van der Waals surface area contributed by atoms with Crippen molar-refractivity contribution in [1.82, 2.24) is 20.1 Å². The Hall–Kier alpha value is -3.20. The molecule has 2 aliphatic heterocycles. The van der Waals surface area contributed by atoms with Gasteiger partial charge in [-0.2, -0.15) is 10.1 Å². The number of fused-ring (bicyclic) bond motifs is 2. The number of hydrogen-bond donors (Lipinski definition) is 2. The highest BCUT2D eigenvalue weighted by molar-refractivity contribution is 6.03. The number of anilines is 1. The molecule has 4 heterocycles. The Morgan fingerprint density at radius 1 is 1.34 bits per heavy atom. The lowest BCUT2D eigenvalue weighted by molar-refractivity contribution is -0.0269. The third-order valence-electron chi connectivity index (χ3n) is 5.02. The predicted octanol–water partition coefficient (Wildman–Crippen LogP) is 2.99. The first kappa shape index (κ1) is 17.9. The lowest BCUT2D eigenvalue weighted by Crippen LogP contribution is -2.23. The second-order valence-electron chi connectivity index (χ2n) is 7.67. The number of aliphatic imine (C=N–C) groups is 1. The van der Waals surface area contributed by atoms with Gasteiger partial charge in [0.2, 0.25) is 5.88 Å². The summed E-state index contributed by atoms with van der Waals surface area (Å²) in [5.74, 6) is 0.726. The lowest BCUT2D eigenvalue weighted by Gasteiger charge is -2.18. The molecule has 29 heavy (non-hydrogen) atoms. The molecule has 0 bridgehead atoms. The zero-order chi connectivity index (χ0) is 20.2. The number of hydroxylamine groups is 1. The SMILES string of the molecule is CC(Oc1ccn2ncc(C3=NC(C)(C)ON3)c2n1)c1cc(F)cc2c1NCC2. The summed E-state index contributed by atoms with van der Waals surface area (Å²) in [6.45, 7) is 6.40. The summed E-state index contributed by atoms with van der Waals surface area (Å²) in [6.07, 6.45) is 3.87. The number of amidine groups is 1. The second kappa shape index (κ2) is 6.41. The van der Waals surface area contributed by atoms with Crippen LogP contribution in [0.25, 0.3) is 5.65 Å². The van der Waals surface area contributed by atoms with Crippen molar-refractivity contribution in [3.05, 3.63) is 53.1 Å². The van der Waals surface area contributed by atoms with Crippen LogP contribution < -0.4 is 15.5 Å². The van der Waals surface area contributed by atoms with E-state index in [0.717, 1.165) is 29.8 Å². The molecule has 2 N–H and O–H groups in total. The topological polar surface area (TPSA) is 85.1 Å². The summed E-state index contributed by atoms with van der Waals surface area (Å²) in [4.78, 5) is 14.5. The van der Waals surface area contributed by atoms with Crippen molar-refractivity contribution in [3.8, 4) is 5.88 Å². The van der Waals surface area contributed by atoms with Crippen LogP contribution in [0.2, 0.25) is 0 Å². The van der Waals surface area contributed by atoms with E-state index in [2.05, 4.69) is 25.9 Å². The van der Waals surface area contributed by atoms with Gasteiger partial charge in [-0.15, -0.1) is 0 Å². The van der Waals surface area contributed by atoms with Gasteiger partial charge in [-0.05, 0) is 44.9 Å². The van der Waals surface area contributed by atoms with Gasteiger partial charge in [-0.1, -0.05) is 0 Å². The van der Waals surface area contributed by atoms with Crippen molar-refractivity contribution < 1.29 is 14.0 Å². The molecule has 0 aliphatic carbocycles. The quantitative estimate of drug-likeness (QED) is 0.705. The van der Waals surface area contributed by atoms with Crippen molar-refractivity contribution >= 4 is 17.2 Å². The minimum absolute atomic E-state index is 0.257. The van der Waals surface area contributed by atoms with Gasteiger partial charge >= 0.3 is 0 Å². The second-order valence-corrected chi connectivity index (χ2v) is 7.67. The van der Waals surface area contributed by atoms with Crippen molar-refractivity contribution in [3.63, 3.8) is 0 Å². The van der Waals surface area contributed by atoms with Gasteiger partial charge < -0.3 is 10.1 Å². The fraction of sp³-hybridized carbons (Fsp3) is 0.350. The number of halogens is 1. The molecule has 8 nitrogen and oxygen atoms in total. The maximum Gasteiger partial charge on any atom is 0.217 e. The molecular formula is C20H21FN6O2. The normalized spacial score (nSPS) is 18.1. The first-order valence-electron chi connectivity index (χ1n) is 9.51. The summed E-state index contributed by atoms with van der Waals surface area (Å²) in [6, 6.07) is 4.83. The first-order chi connectivity index (χ1) is 13.9. The van der Waals surface area contributed by atoms with E-state index in [9.17, 15) is 4.39 Å². The van der Waals surface area contributed by atoms with Crippen LogP contribution in [0.5, 0.6) is 5.88 Å². The molecule has 0 radical (unpaired) electrons. The number of hydrogen-bond acceptors (Lipinski definition) is 7. The molecule has 1 atom stereocenters. The molecule has 0 fully saturated rings. The van der Waals surface area contributed by atoms with Crippen LogP contribution in [0.4, 0.5) is 10.1 Å². The number of nitrogens with one attached hydrogen (secondary N) is 2. The van der Waals surface area contributed by atoms with Crippen LogP contribution in [0.15, 0.2) is 35.6 Å². The van der Waals surface area contributed by atoms with Crippen LogP contribution in [-0.4, -0.2) is 32.7 Å². The van der Waals surface area contributed by atoms with Crippen LogP contribution >= 0.6 is 0 Å². The molecule has 1 unspecified atom stereocenters. The number of aromatic nitrogens is 3. The van der Waals surface area contributed by atoms with E-state index in [1.807, 2.05) is 20.8 Å². The highest BCUT2D eigenvalue weighted by atomic mass is 19.1. The Labute approximate surface area is 166 Å². The molecule has 9 heteroatoms. The molecule has 0 amide bonds. The summed E-state index contributed by atoms with van der Waals surface area (Å²) in [5.41, 5.74) is 6.18. The van der Waals surface area contributed by atoms with Crippen molar-refractivity contribution in [1.29, 1.82) is 0 Å². The fourth-order valence-electron chi connectivity index (χ4n) is 3.67. The van der Waals surface area contributed by atoms with E-state index >= 15 is 0 Å². The maximum absolute atomic E-state index is 14.0. The zero-order valence-corrected chi connectivity index (χ0v) is 16.4. The van der Waals surface area contributed by atoms with E-state index in [0.29, 0.717) is 22.9 Å². The molecular weight excluding hydrogens is 375 g/mol. The number of nitrogens with zero attached hydrogens (tertiary/aromatic N) is 4. The highest BCUT2D eigenvalue weighted by Gasteiger charge is 2.28. The van der Waals surface area contributed by atoms with Crippen LogP contribution in [-0.2, 0) is 11.3 Å². The molecule has 0 saturated carbocycles. The molecule has 150 valence electrons. The average Bonchev–Trinajstić information content (AvgIpc) is 3.38. The number of ether oxygens (including phenoxy) is 1. The average molecular weight is 396 g/mol. The summed E-state index contributed by atoms with van der Waals surface area (Å²) in [7, 11) is 0. The third kappa shape index (κ3) is 3.17. The predicted molar refractivity (Wildman–Crippen MR) is 105 cm³/mol. The van der Waals surface area contributed by atoms with E-state index < -0.39 is 5.72 Å². The Morgan fingerprint density at radius 3 is 3.00 bits per heavy atom.